The summed E-state index contributed by atoms with van der Waals surface area (Å²) in [6.45, 7) is 2.99. The Morgan fingerprint density at radius 2 is 2.28 bits per heavy atom. The number of thioether (sulfide) groups is 1. The van der Waals surface area contributed by atoms with E-state index in [2.05, 4.69) is 24.0 Å². The van der Waals surface area contributed by atoms with Gasteiger partial charge < -0.3 is 5.32 Å². The molecule has 100 valence electrons. The van der Waals surface area contributed by atoms with Crippen molar-refractivity contribution >= 4 is 23.4 Å². The van der Waals surface area contributed by atoms with Gasteiger partial charge in [0.1, 0.15) is 5.82 Å². The van der Waals surface area contributed by atoms with Crippen LogP contribution in [0.25, 0.3) is 0 Å². The molecular formula is C14H19ClFNS. The number of rotatable bonds is 5. The van der Waals surface area contributed by atoms with Crippen LogP contribution in [0.3, 0.4) is 0 Å². The van der Waals surface area contributed by atoms with Crippen molar-refractivity contribution in [2.75, 3.05) is 5.75 Å². The summed E-state index contributed by atoms with van der Waals surface area (Å²) in [5.41, 5.74) is 1.05. The smallest absolute Gasteiger partial charge is 0.141 e. The van der Waals surface area contributed by atoms with Crippen LogP contribution < -0.4 is 5.32 Å². The van der Waals surface area contributed by atoms with Gasteiger partial charge in [0.2, 0.25) is 0 Å². The van der Waals surface area contributed by atoms with Crippen molar-refractivity contribution in [2.45, 2.75) is 44.0 Å². The van der Waals surface area contributed by atoms with Crippen molar-refractivity contribution in [3.05, 3.63) is 34.6 Å². The molecule has 0 heterocycles. The van der Waals surface area contributed by atoms with Crippen molar-refractivity contribution in [1.29, 1.82) is 0 Å². The molecule has 0 radical (unpaired) electrons. The molecule has 1 saturated carbocycles. The summed E-state index contributed by atoms with van der Waals surface area (Å²) < 4.78 is 13.0. The van der Waals surface area contributed by atoms with Gasteiger partial charge in [-0.15, -0.1) is 0 Å². The largest absolute Gasteiger partial charge is 0.310 e. The van der Waals surface area contributed by atoms with Gasteiger partial charge in [-0.05, 0) is 42.7 Å². The van der Waals surface area contributed by atoms with E-state index in [9.17, 15) is 4.39 Å². The van der Waals surface area contributed by atoms with E-state index in [1.807, 2.05) is 0 Å². The second kappa shape index (κ2) is 6.78. The van der Waals surface area contributed by atoms with Crippen LogP contribution in [0.2, 0.25) is 5.02 Å². The van der Waals surface area contributed by atoms with Crippen LogP contribution in [-0.4, -0.2) is 17.0 Å². The fraction of sp³-hybridized carbons (Fsp3) is 0.571. The molecule has 18 heavy (non-hydrogen) atoms. The van der Waals surface area contributed by atoms with Crippen molar-refractivity contribution in [2.24, 2.45) is 0 Å². The first-order valence-corrected chi connectivity index (χ1v) is 7.90. The SMILES string of the molecule is CCSC1CCC(NCc2ccc(F)c(Cl)c2)C1. The standard InChI is InChI=1S/C14H19ClFNS/c1-2-18-12-5-4-11(8-12)17-9-10-3-6-14(16)13(15)7-10/h3,6-7,11-12,17H,2,4-5,8-9H2,1H3. The fourth-order valence-corrected chi connectivity index (χ4v) is 3.77. The van der Waals surface area contributed by atoms with Gasteiger partial charge in [-0.3, -0.25) is 0 Å². The number of hydrogen-bond acceptors (Lipinski definition) is 2. The average Bonchev–Trinajstić information content (AvgIpc) is 2.79. The number of nitrogens with one attached hydrogen (secondary N) is 1. The molecule has 2 atom stereocenters. The monoisotopic (exact) mass is 287 g/mol. The summed E-state index contributed by atoms with van der Waals surface area (Å²) in [6, 6.07) is 5.53. The van der Waals surface area contributed by atoms with E-state index in [1.165, 1.54) is 31.1 Å². The van der Waals surface area contributed by atoms with Crippen molar-refractivity contribution in [3.8, 4) is 0 Å². The Bertz CT molecular complexity index is 399. The molecule has 1 aromatic rings. The van der Waals surface area contributed by atoms with Gasteiger partial charge in [0, 0.05) is 17.8 Å². The molecular weight excluding hydrogens is 269 g/mol. The van der Waals surface area contributed by atoms with Gasteiger partial charge in [-0.25, -0.2) is 4.39 Å². The predicted molar refractivity (Wildman–Crippen MR) is 77.8 cm³/mol. The maximum absolute atomic E-state index is 13.0. The van der Waals surface area contributed by atoms with Crippen LogP contribution in [-0.2, 0) is 6.54 Å². The summed E-state index contributed by atoms with van der Waals surface area (Å²) in [6.07, 6.45) is 3.79. The minimum absolute atomic E-state index is 0.208. The maximum Gasteiger partial charge on any atom is 0.141 e. The first-order valence-electron chi connectivity index (χ1n) is 6.48. The lowest BCUT2D eigenvalue weighted by atomic mass is 10.2. The second-order valence-corrected chi connectivity index (χ2v) is 6.70. The van der Waals surface area contributed by atoms with E-state index < -0.39 is 0 Å². The van der Waals surface area contributed by atoms with Gasteiger partial charge in [0.15, 0.2) is 0 Å². The highest BCUT2D eigenvalue weighted by atomic mass is 35.5. The molecule has 0 aliphatic heterocycles. The van der Waals surface area contributed by atoms with Crippen LogP contribution in [0, 0.1) is 5.82 Å². The molecule has 1 aliphatic rings. The van der Waals surface area contributed by atoms with Crippen LogP contribution >= 0.6 is 23.4 Å². The molecule has 4 heteroatoms. The molecule has 0 amide bonds. The molecule has 0 saturated heterocycles. The normalized spacial score (nSPS) is 23.5. The molecule has 1 nitrogen and oxygen atoms in total. The number of hydrogen-bond donors (Lipinski definition) is 1. The van der Waals surface area contributed by atoms with Crippen LogP contribution in [0.4, 0.5) is 4.39 Å². The van der Waals surface area contributed by atoms with Gasteiger partial charge >= 0.3 is 0 Å². The first-order chi connectivity index (χ1) is 8.69. The zero-order valence-corrected chi connectivity index (χ0v) is 12.2. The van der Waals surface area contributed by atoms with Crippen molar-refractivity contribution in [1.82, 2.24) is 5.32 Å². The molecule has 1 fully saturated rings. The van der Waals surface area contributed by atoms with E-state index in [1.54, 1.807) is 12.1 Å². The van der Waals surface area contributed by atoms with E-state index in [-0.39, 0.29) is 10.8 Å². The molecule has 0 bridgehead atoms. The third-order valence-electron chi connectivity index (χ3n) is 3.37. The Balaban J connectivity index is 1.80. The Kier molecular flexibility index (Phi) is 5.34. The summed E-state index contributed by atoms with van der Waals surface area (Å²) in [4.78, 5) is 0. The second-order valence-electron chi connectivity index (χ2n) is 4.72. The Labute approximate surface area is 117 Å². The minimum Gasteiger partial charge on any atom is -0.310 e. The topological polar surface area (TPSA) is 12.0 Å². The lowest BCUT2D eigenvalue weighted by Crippen LogP contribution is -2.26. The summed E-state index contributed by atoms with van der Waals surface area (Å²) >= 11 is 7.83. The number of benzene rings is 1. The van der Waals surface area contributed by atoms with E-state index in [4.69, 9.17) is 11.6 Å². The molecule has 0 aromatic heterocycles. The summed E-state index contributed by atoms with van der Waals surface area (Å²) in [5.74, 6) is 0.853. The van der Waals surface area contributed by atoms with Gasteiger partial charge in [0.05, 0.1) is 5.02 Å². The average molecular weight is 288 g/mol. The highest BCUT2D eigenvalue weighted by Crippen LogP contribution is 2.29. The molecule has 1 aliphatic carbocycles. The minimum atomic E-state index is -0.347. The molecule has 2 unspecified atom stereocenters. The quantitative estimate of drug-likeness (QED) is 0.869. The Morgan fingerprint density at radius 3 is 3.00 bits per heavy atom. The Morgan fingerprint density at radius 1 is 1.44 bits per heavy atom. The van der Waals surface area contributed by atoms with E-state index in [0.717, 1.165) is 17.4 Å². The summed E-state index contributed by atoms with van der Waals surface area (Å²) in [5, 5.41) is 4.56. The zero-order chi connectivity index (χ0) is 13.0. The lowest BCUT2D eigenvalue weighted by molar-refractivity contribution is 0.524. The van der Waals surface area contributed by atoms with E-state index >= 15 is 0 Å². The van der Waals surface area contributed by atoms with Gasteiger partial charge in [-0.1, -0.05) is 24.6 Å². The van der Waals surface area contributed by atoms with Crippen molar-refractivity contribution in [3.63, 3.8) is 0 Å². The van der Waals surface area contributed by atoms with Crippen LogP contribution in [0.15, 0.2) is 18.2 Å². The fourth-order valence-electron chi connectivity index (χ4n) is 2.42. The zero-order valence-electron chi connectivity index (χ0n) is 10.6. The van der Waals surface area contributed by atoms with Crippen LogP contribution in [0.1, 0.15) is 31.7 Å². The lowest BCUT2D eigenvalue weighted by Gasteiger charge is -2.13. The van der Waals surface area contributed by atoms with E-state index in [0.29, 0.717) is 6.04 Å². The summed E-state index contributed by atoms with van der Waals surface area (Å²) in [7, 11) is 0. The van der Waals surface area contributed by atoms with Gasteiger partial charge in [-0.2, -0.15) is 11.8 Å². The maximum atomic E-state index is 13.0. The third-order valence-corrected chi connectivity index (χ3v) is 4.89. The third kappa shape index (κ3) is 3.87. The highest BCUT2D eigenvalue weighted by Gasteiger charge is 2.23. The number of halogens is 2. The van der Waals surface area contributed by atoms with Crippen LogP contribution in [0.5, 0.6) is 0 Å². The molecule has 1 aromatic carbocycles. The van der Waals surface area contributed by atoms with Gasteiger partial charge in [0.25, 0.3) is 0 Å². The molecule has 1 N–H and O–H groups in total. The predicted octanol–water partition coefficient (Wildman–Crippen LogP) is 4.24. The highest BCUT2D eigenvalue weighted by molar-refractivity contribution is 7.99. The van der Waals surface area contributed by atoms with Crippen molar-refractivity contribution < 1.29 is 4.39 Å². The molecule has 0 spiro atoms. The Hall–Kier alpha value is -0.250. The molecule has 2 rings (SSSR count). The first kappa shape index (κ1) is 14.2.